The van der Waals surface area contributed by atoms with Crippen molar-refractivity contribution in [3.8, 4) is 0 Å². The number of primary amides is 2. The number of rotatable bonds is 0. The van der Waals surface area contributed by atoms with Gasteiger partial charge < -0.3 is 29.2 Å². The van der Waals surface area contributed by atoms with Crippen molar-refractivity contribution in [3.05, 3.63) is 0 Å². The topological polar surface area (TPSA) is 171 Å². The molecule has 2 amide bonds. The Morgan fingerprint density at radius 2 is 1.14 bits per heavy atom. The van der Waals surface area contributed by atoms with Crippen LogP contribution in [0, 0.1) is 0 Å². The fraction of sp³-hybridized carbons (Fsp3) is 0. The van der Waals surface area contributed by atoms with E-state index in [2.05, 4.69) is 11.5 Å². The van der Waals surface area contributed by atoms with Crippen LogP contribution in [0.1, 0.15) is 0 Å². The molecule has 0 aromatic heterocycles. The zero-order chi connectivity index (χ0) is 3.58. The number of carbonyl (C=O) groups is 1. The zero-order valence-corrected chi connectivity index (χ0v) is 3.98. The molecule has 0 unspecified atom stereocenters. The highest BCUT2D eigenvalue weighted by Gasteiger charge is 1.60. The van der Waals surface area contributed by atoms with E-state index in [4.69, 9.17) is 4.79 Å². The Labute approximate surface area is 41.3 Å². The van der Waals surface area contributed by atoms with Gasteiger partial charge in [-0.15, -0.1) is 0 Å². The molecule has 0 aliphatic rings. The van der Waals surface area contributed by atoms with E-state index in [-0.39, 0.29) is 17.8 Å². The third kappa shape index (κ3) is 70.7. The van der Waals surface area contributed by atoms with Crippen LogP contribution < -0.4 is 23.8 Å². The number of nitrogens with two attached hydrogens (primary N) is 2. The average molecular weight is 112 g/mol. The van der Waals surface area contributed by atoms with Gasteiger partial charge in [0.05, 0.1) is 0 Å². The molecule has 0 spiro atoms. The number of carbonyl (C=O) groups excluding carboxylic acids is 1. The van der Waals surface area contributed by atoms with Gasteiger partial charge in [0.25, 0.3) is 0 Å². The molecule has 0 atom stereocenters. The largest absolute Gasteiger partial charge is 0.412 e. The highest BCUT2D eigenvalue weighted by molar-refractivity contribution is 5.69. The summed E-state index contributed by atoms with van der Waals surface area (Å²) in [6.45, 7) is 0. The maximum atomic E-state index is 9.00. The van der Waals surface area contributed by atoms with E-state index in [0.717, 1.165) is 0 Å². The van der Waals surface area contributed by atoms with Gasteiger partial charge in [0.15, 0.2) is 0 Å². The van der Waals surface area contributed by atoms with E-state index in [1.54, 1.807) is 0 Å². The third-order valence-electron chi connectivity index (χ3n) is 0. The minimum Gasteiger partial charge on any atom is -0.412 e. The summed E-state index contributed by atoms with van der Waals surface area (Å²) in [5, 5.41) is 0. The molecule has 0 aliphatic heterocycles. The molecule has 0 saturated carbocycles. The first-order chi connectivity index (χ1) is 1.73. The molecule has 12 N–H and O–H groups in total. The van der Waals surface area contributed by atoms with Crippen LogP contribution >= 0.6 is 0 Å². The molecule has 0 aliphatic carbocycles. The van der Waals surface area contributed by atoms with Gasteiger partial charge in [-0.25, -0.2) is 4.79 Å². The molecular formula is CH12N4O2. The van der Waals surface area contributed by atoms with Gasteiger partial charge in [-0.3, -0.25) is 0 Å². The maximum absolute atomic E-state index is 9.00. The van der Waals surface area contributed by atoms with Crippen molar-refractivity contribution in [1.82, 2.24) is 12.3 Å². The standard InChI is InChI=1S/CH4N2O.2H3N.H2O/c2-1(3)4;;;/h(H4,2,3,4);2*1H3;1H2. The van der Waals surface area contributed by atoms with E-state index in [9.17, 15) is 0 Å². The predicted octanol–water partition coefficient (Wildman–Crippen LogP) is -1.48. The smallest absolute Gasteiger partial charge is 0.309 e. The quantitative estimate of drug-likeness (QED) is 0.300. The average Bonchev–Trinajstić information content (AvgIpc) is 0.811. The van der Waals surface area contributed by atoms with Crippen LogP contribution in [0.2, 0.25) is 0 Å². The van der Waals surface area contributed by atoms with Crippen LogP contribution in [-0.2, 0) is 0 Å². The minimum absolute atomic E-state index is 0. The first-order valence-corrected chi connectivity index (χ1v) is 0.781. The Kier molecular flexibility index (Phi) is 96.7. The van der Waals surface area contributed by atoms with Crippen LogP contribution in [-0.4, -0.2) is 11.5 Å². The summed E-state index contributed by atoms with van der Waals surface area (Å²) in [5.41, 5.74) is 8.50. The lowest BCUT2D eigenvalue weighted by Gasteiger charge is -1.62. The molecule has 0 radical (unpaired) electrons. The Bertz CT molecular complexity index is 32.7. The fourth-order valence-electron chi connectivity index (χ4n) is 0. The highest BCUT2D eigenvalue weighted by Crippen LogP contribution is 1.25. The second-order valence-electron chi connectivity index (χ2n) is 0.402. The van der Waals surface area contributed by atoms with E-state index in [0.29, 0.717) is 0 Å². The van der Waals surface area contributed by atoms with Crippen LogP contribution in [0.3, 0.4) is 0 Å². The van der Waals surface area contributed by atoms with Crippen molar-refractivity contribution in [2.45, 2.75) is 0 Å². The lowest BCUT2D eigenvalue weighted by Crippen LogP contribution is -2.18. The van der Waals surface area contributed by atoms with E-state index >= 15 is 0 Å². The molecule has 0 aromatic carbocycles. The van der Waals surface area contributed by atoms with E-state index in [1.165, 1.54) is 0 Å². The second kappa shape index (κ2) is 19.2. The summed E-state index contributed by atoms with van der Waals surface area (Å²) in [6.07, 6.45) is 0. The first-order valence-electron chi connectivity index (χ1n) is 0.781. The molecule has 6 nitrogen and oxygen atoms in total. The minimum atomic E-state index is -0.833. The summed E-state index contributed by atoms with van der Waals surface area (Å²) < 4.78 is 0. The van der Waals surface area contributed by atoms with E-state index in [1.807, 2.05) is 0 Å². The Morgan fingerprint density at radius 1 is 1.14 bits per heavy atom. The molecule has 0 bridgehead atoms. The molecule has 7 heavy (non-hydrogen) atoms. The van der Waals surface area contributed by atoms with Crippen LogP contribution in [0.25, 0.3) is 0 Å². The van der Waals surface area contributed by atoms with Gasteiger partial charge in [0.1, 0.15) is 0 Å². The summed E-state index contributed by atoms with van der Waals surface area (Å²) in [5.74, 6) is 0. The molecule has 0 saturated heterocycles. The summed E-state index contributed by atoms with van der Waals surface area (Å²) >= 11 is 0. The first kappa shape index (κ1) is 35.3. The molecule has 6 heteroatoms. The van der Waals surface area contributed by atoms with Crippen molar-refractivity contribution in [1.29, 1.82) is 0 Å². The summed E-state index contributed by atoms with van der Waals surface area (Å²) in [7, 11) is 0. The SMILES string of the molecule is N.N.NC(N)=O.O. The number of hydrogen-bond donors (Lipinski definition) is 4. The number of urea groups is 1. The van der Waals surface area contributed by atoms with Gasteiger partial charge >= 0.3 is 6.03 Å². The highest BCUT2D eigenvalue weighted by atomic mass is 16.2. The molecular weight excluding hydrogens is 100 g/mol. The van der Waals surface area contributed by atoms with Crippen LogP contribution in [0.4, 0.5) is 4.79 Å². The summed E-state index contributed by atoms with van der Waals surface area (Å²) in [4.78, 5) is 9.00. The van der Waals surface area contributed by atoms with E-state index < -0.39 is 6.03 Å². The van der Waals surface area contributed by atoms with Crippen LogP contribution in [0.15, 0.2) is 0 Å². The molecule has 0 fully saturated rings. The zero-order valence-electron chi connectivity index (χ0n) is 3.98. The molecule has 48 valence electrons. The number of amides is 2. The van der Waals surface area contributed by atoms with Crippen LogP contribution in [0.5, 0.6) is 0 Å². The normalized spacial score (nSPS) is 3.43. The van der Waals surface area contributed by atoms with Gasteiger partial charge in [-0.1, -0.05) is 0 Å². The van der Waals surface area contributed by atoms with Gasteiger partial charge in [0, 0.05) is 0 Å². The van der Waals surface area contributed by atoms with Gasteiger partial charge in [-0.05, 0) is 0 Å². The molecule has 0 heterocycles. The van der Waals surface area contributed by atoms with Crippen molar-refractivity contribution in [2.75, 3.05) is 0 Å². The lowest BCUT2D eigenvalue weighted by atomic mass is 11.2. The third-order valence-corrected chi connectivity index (χ3v) is 0. The Balaban J connectivity index is -0.0000000150. The van der Waals surface area contributed by atoms with Crippen molar-refractivity contribution in [2.24, 2.45) is 11.5 Å². The fourth-order valence-corrected chi connectivity index (χ4v) is 0. The lowest BCUT2D eigenvalue weighted by molar-refractivity contribution is 0.256. The second-order valence-corrected chi connectivity index (χ2v) is 0.402. The van der Waals surface area contributed by atoms with Crippen molar-refractivity contribution < 1.29 is 10.3 Å². The Hall–Kier alpha value is -0.850. The van der Waals surface area contributed by atoms with Crippen molar-refractivity contribution in [3.63, 3.8) is 0 Å². The molecule has 0 rings (SSSR count). The monoisotopic (exact) mass is 112 g/mol. The molecule has 0 aromatic rings. The van der Waals surface area contributed by atoms with Crippen molar-refractivity contribution >= 4 is 6.03 Å². The number of hydrogen-bond acceptors (Lipinski definition) is 3. The van der Waals surface area contributed by atoms with Gasteiger partial charge in [0.2, 0.25) is 0 Å². The maximum Gasteiger partial charge on any atom is 0.309 e. The predicted molar refractivity (Wildman–Crippen MR) is 27.4 cm³/mol. The van der Waals surface area contributed by atoms with Gasteiger partial charge in [-0.2, -0.15) is 0 Å². The summed E-state index contributed by atoms with van der Waals surface area (Å²) in [6, 6.07) is -0.833. The Morgan fingerprint density at radius 3 is 1.14 bits per heavy atom.